The average Bonchev–Trinajstić information content (AvgIpc) is 2.62. The molecule has 0 heterocycles. The molecule has 2 aromatic carbocycles. The van der Waals surface area contributed by atoms with Crippen LogP contribution in [-0.4, -0.2) is 33.5 Å². The van der Waals surface area contributed by atoms with Crippen LogP contribution in [0.1, 0.15) is 22.0 Å². The summed E-state index contributed by atoms with van der Waals surface area (Å²) in [4.78, 5) is 12.6. The Morgan fingerprint density at radius 1 is 0.957 bits per heavy atom. The minimum Gasteiger partial charge on any atom is -0.497 e. The highest BCUT2D eigenvalue weighted by Gasteiger charge is 2.25. The van der Waals surface area contributed by atoms with E-state index in [1.165, 1.54) is 0 Å². The van der Waals surface area contributed by atoms with Crippen LogP contribution in [-0.2, 0) is 9.47 Å². The molecule has 2 rings (SSSR count). The number of hydrogen-bond donors (Lipinski definition) is 1. The van der Waals surface area contributed by atoms with Crippen molar-refractivity contribution in [2.45, 2.75) is 12.3 Å². The van der Waals surface area contributed by atoms with Gasteiger partial charge in [0.15, 0.2) is 6.29 Å². The minimum absolute atomic E-state index is 0.225. The number of hydrogen-bond acceptors (Lipinski definition) is 4. The summed E-state index contributed by atoms with van der Waals surface area (Å²) in [7, 11) is 4.65. The molecule has 122 valence electrons. The van der Waals surface area contributed by atoms with Crippen LogP contribution in [0.2, 0.25) is 0 Å². The number of nitrogens with one attached hydrogen (secondary N) is 1. The molecule has 0 aromatic heterocycles. The Labute approximate surface area is 136 Å². The fourth-order valence-corrected chi connectivity index (χ4v) is 2.33. The van der Waals surface area contributed by atoms with Crippen LogP contribution in [0.5, 0.6) is 5.75 Å². The van der Waals surface area contributed by atoms with Crippen molar-refractivity contribution in [1.29, 1.82) is 0 Å². The summed E-state index contributed by atoms with van der Waals surface area (Å²) in [6, 6.07) is 16.1. The van der Waals surface area contributed by atoms with Crippen LogP contribution in [0.25, 0.3) is 0 Å². The van der Waals surface area contributed by atoms with E-state index in [-0.39, 0.29) is 5.91 Å². The number of ether oxygens (including phenoxy) is 3. The first-order valence-corrected chi connectivity index (χ1v) is 7.25. The van der Waals surface area contributed by atoms with E-state index in [0.29, 0.717) is 11.3 Å². The number of amides is 1. The van der Waals surface area contributed by atoms with Crippen molar-refractivity contribution in [1.82, 2.24) is 5.32 Å². The fraction of sp³-hybridized carbons (Fsp3) is 0.278. The van der Waals surface area contributed by atoms with E-state index in [2.05, 4.69) is 5.32 Å². The molecule has 0 aliphatic heterocycles. The number of carbonyl (C=O) groups excluding carboxylic acids is 1. The molecule has 0 saturated heterocycles. The molecule has 1 amide bonds. The molecular formula is C18H21NO4. The lowest BCUT2D eigenvalue weighted by molar-refractivity contribution is -0.122. The molecule has 5 heteroatoms. The van der Waals surface area contributed by atoms with Crippen molar-refractivity contribution in [3.63, 3.8) is 0 Å². The Morgan fingerprint density at radius 2 is 1.65 bits per heavy atom. The van der Waals surface area contributed by atoms with Gasteiger partial charge in [-0.3, -0.25) is 4.79 Å². The van der Waals surface area contributed by atoms with Crippen LogP contribution in [0.4, 0.5) is 0 Å². The van der Waals surface area contributed by atoms with Gasteiger partial charge < -0.3 is 19.5 Å². The summed E-state index contributed by atoms with van der Waals surface area (Å²) in [5.74, 6) is 0.404. The molecule has 2 aromatic rings. The lowest BCUT2D eigenvalue weighted by Crippen LogP contribution is -2.38. The van der Waals surface area contributed by atoms with Gasteiger partial charge in [-0.05, 0) is 23.8 Å². The van der Waals surface area contributed by atoms with Crippen LogP contribution >= 0.6 is 0 Å². The first-order valence-electron chi connectivity index (χ1n) is 7.25. The second-order valence-corrected chi connectivity index (χ2v) is 4.93. The maximum absolute atomic E-state index is 12.6. The SMILES string of the molecule is COc1cccc(C(=O)N[C@H](c2ccccc2)C(OC)OC)c1. The summed E-state index contributed by atoms with van der Waals surface area (Å²) in [6.45, 7) is 0. The second kappa shape index (κ2) is 8.31. The van der Waals surface area contributed by atoms with E-state index in [0.717, 1.165) is 5.56 Å². The zero-order valence-corrected chi connectivity index (χ0v) is 13.5. The summed E-state index contributed by atoms with van der Waals surface area (Å²) in [6.07, 6.45) is -0.591. The minimum atomic E-state index is -0.591. The zero-order chi connectivity index (χ0) is 16.7. The van der Waals surface area contributed by atoms with Crippen molar-refractivity contribution < 1.29 is 19.0 Å². The summed E-state index contributed by atoms with van der Waals surface area (Å²) in [5.41, 5.74) is 1.41. The van der Waals surface area contributed by atoms with Crippen molar-refractivity contribution >= 4 is 5.91 Å². The molecule has 1 N–H and O–H groups in total. The molecule has 5 nitrogen and oxygen atoms in total. The van der Waals surface area contributed by atoms with Gasteiger partial charge in [0.2, 0.25) is 0 Å². The number of rotatable bonds is 7. The molecule has 0 bridgehead atoms. The normalized spacial score (nSPS) is 12.0. The predicted molar refractivity (Wildman–Crippen MR) is 87.4 cm³/mol. The molecule has 1 atom stereocenters. The van der Waals surface area contributed by atoms with Gasteiger partial charge in [-0.15, -0.1) is 0 Å². The molecule has 0 aliphatic carbocycles. The van der Waals surface area contributed by atoms with E-state index in [9.17, 15) is 4.79 Å². The monoisotopic (exact) mass is 315 g/mol. The van der Waals surface area contributed by atoms with Crippen LogP contribution in [0.15, 0.2) is 54.6 Å². The van der Waals surface area contributed by atoms with E-state index in [1.54, 1.807) is 45.6 Å². The Morgan fingerprint density at radius 3 is 2.26 bits per heavy atom. The molecule has 0 spiro atoms. The summed E-state index contributed by atoms with van der Waals surface area (Å²) in [5, 5.41) is 2.96. The Kier molecular flexibility index (Phi) is 6.14. The predicted octanol–water partition coefficient (Wildman–Crippen LogP) is 2.79. The van der Waals surface area contributed by atoms with Gasteiger partial charge in [0.25, 0.3) is 5.91 Å². The fourth-order valence-electron chi connectivity index (χ4n) is 2.33. The zero-order valence-electron chi connectivity index (χ0n) is 13.5. The largest absolute Gasteiger partial charge is 0.497 e. The smallest absolute Gasteiger partial charge is 0.252 e. The lowest BCUT2D eigenvalue weighted by Gasteiger charge is -2.26. The molecule has 0 aliphatic rings. The van der Waals surface area contributed by atoms with E-state index in [4.69, 9.17) is 14.2 Å². The molecular weight excluding hydrogens is 294 g/mol. The number of benzene rings is 2. The van der Waals surface area contributed by atoms with Gasteiger partial charge >= 0.3 is 0 Å². The van der Waals surface area contributed by atoms with Gasteiger partial charge in [0.1, 0.15) is 11.8 Å². The van der Waals surface area contributed by atoms with E-state index < -0.39 is 12.3 Å². The van der Waals surface area contributed by atoms with Crippen molar-refractivity contribution in [3.05, 3.63) is 65.7 Å². The van der Waals surface area contributed by atoms with Crippen molar-refractivity contribution in [3.8, 4) is 5.75 Å². The molecule has 0 unspecified atom stereocenters. The number of methoxy groups -OCH3 is 3. The first kappa shape index (κ1) is 17.0. The van der Waals surface area contributed by atoms with Gasteiger partial charge in [-0.1, -0.05) is 36.4 Å². The lowest BCUT2D eigenvalue weighted by atomic mass is 10.1. The first-order chi connectivity index (χ1) is 11.2. The molecule has 0 fully saturated rings. The molecule has 0 radical (unpaired) electrons. The van der Waals surface area contributed by atoms with Crippen LogP contribution in [0, 0.1) is 0 Å². The average molecular weight is 315 g/mol. The second-order valence-electron chi connectivity index (χ2n) is 4.93. The highest BCUT2D eigenvalue weighted by Crippen LogP contribution is 2.21. The van der Waals surface area contributed by atoms with E-state index >= 15 is 0 Å². The van der Waals surface area contributed by atoms with Crippen LogP contribution in [0.3, 0.4) is 0 Å². The Balaban J connectivity index is 2.24. The quantitative estimate of drug-likeness (QED) is 0.798. The number of carbonyl (C=O) groups is 1. The van der Waals surface area contributed by atoms with E-state index in [1.807, 2.05) is 30.3 Å². The Bertz CT molecular complexity index is 626. The summed E-state index contributed by atoms with van der Waals surface area (Å²) < 4.78 is 15.8. The molecule has 0 saturated carbocycles. The van der Waals surface area contributed by atoms with Gasteiger partial charge in [0.05, 0.1) is 7.11 Å². The highest BCUT2D eigenvalue weighted by atomic mass is 16.7. The third-order valence-electron chi connectivity index (χ3n) is 3.51. The van der Waals surface area contributed by atoms with Crippen LogP contribution < -0.4 is 10.1 Å². The van der Waals surface area contributed by atoms with Crippen molar-refractivity contribution in [2.24, 2.45) is 0 Å². The third-order valence-corrected chi connectivity index (χ3v) is 3.51. The summed E-state index contributed by atoms with van der Waals surface area (Å²) >= 11 is 0. The Hall–Kier alpha value is -2.37. The van der Waals surface area contributed by atoms with Gasteiger partial charge in [0, 0.05) is 19.8 Å². The third kappa shape index (κ3) is 4.31. The topological polar surface area (TPSA) is 56.8 Å². The van der Waals surface area contributed by atoms with Gasteiger partial charge in [-0.2, -0.15) is 0 Å². The van der Waals surface area contributed by atoms with Crippen molar-refractivity contribution in [2.75, 3.05) is 21.3 Å². The van der Waals surface area contributed by atoms with Gasteiger partial charge in [-0.25, -0.2) is 0 Å². The highest BCUT2D eigenvalue weighted by molar-refractivity contribution is 5.94. The molecule has 23 heavy (non-hydrogen) atoms. The maximum atomic E-state index is 12.6. The maximum Gasteiger partial charge on any atom is 0.252 e. The standard InChI is InChI=1S/C18H21NO4/c1-21-15-11-7-10-14(12-15)17(20)19-16(18(22-2)23-3)13-8-5-4-6-9-13/h4-12,16,18H,1-3H3,(H,19,20)/t16-/m1/s1.